The predicted octanol–water partition coefficient (Wildman–Crippen LogP) is 6.58. The van der Waals surface area contributed by atoms with Gasteiger partial charge >= 0.3 is 0 Å². The third-order valence-corrected chi connectivity index (χ3v) is 9.64. The summed E-state index contributed by atoms with van der Waals surface area (Å²) < 4.78 is 29.3. The van der Waals surface area contributed by atoms with Crippen molar-refractivity contribution in [1.29, 1.82) is 0 Å². The minimum Gasteiger partial charge on any atom is -0.355 e. The van der Waals surface area contributed by atoms with Gasteiger partial charge in [0, 0.05) is 29.6 Å². The number of hydrogen-bond acceptors (Lipinski definition) is 4. The van der Waals surface area contributed by atoms with Crippen LogP contribution in [0.15, 0.2) is 102 Å². The Hall–Kier alpha value is -3.85. The quantitative estimate of drug-likeness (QED) is 0.187. The Morgan fingerprint density at radius 3 is 2.00 bits per heavy atom. The van der Waals surface area contributed by atoms with Crippen LogP contribution in [-0.2, 0) is 32.6 Å². The van der Waals surface area contributed by atoms with E-state index in [4.69, 9.17) is 23.2 Å². The molecule has 0 aliphatic rings. The number of likely N-dealkylation sites (N-methyl/N-ethyl adjacent to an activating group) is 1. The molecule has 7 nitrogen and oxygen atoms in total. The first-order valence-corrected chi connectivity index (χ1v) is 16.4. The molecule has 0 saturated heterocycles. The molecule has 0 unspecified atom stereocenters. The molecule has 4 rings (SSSR count). The zero-order valence-electron chi connectivity index (χ0n) is 24.8. The van der Waals surface area contributed by atoms with Gasteiger partial charge in [-0.15, -0.1) is 0 Å². The molecular formula is C34H35Cl2N3O4S. The number of rotatable bonds is 12. The van der Waals surface area contributed by atoms with E-state index in [1.165, 1.54) is 29.2 Å². The lowest BCUT2D eigenvalue weighted by Gasteiger charge is -2.34. The van der Waals surface area contributed by atoms with Crippen LogP contribution in [0.4, 0.5) is 5.69 Å². The highest BCUT2D eigenvalue weighted by molar-refractivity contribution is 7.92. The highest BCUT2D eigenvalue weighted by Gasteiger charge is 2.34. The highest BCUT2D eigenvalue weighted by atomic mass is 35.5. The first-order chi connectivity index (χ1) is 21.0. The Balaban J connectivity index is 1.81. The molecule has 4 aromatic carbocycles. The molecule has 2 amide bonds. The molecule has 0 aliphatic heterocycles. The molecule has 0 radical (unpaired) electrons. The van der Waals surface area contributed by atoms with Crippen LogP contribution >= 0.6 is 23.2 Å². The van der Waals surface area contributed by atoms with Crippen molar-refractivity contribution in [3.05, 3.63) is 129 Å². The second-order valence-electron chi connectivity index (χ2n) is 10.5. The van der Waals surface area contributed by atoms with Crippen LogP contribution in [0, 0.1) is 13.8 Å². The Morgan fingerprint density at radius 2 is 1.41 bits per heavy atom. The van der Waals surface area contributed by atoms with Crippen molar-refractivity contribution >= 4 is 50.7 Å². The van der Waals surface area contributed by atoms with Crippen LogP contribution in [0.1, 0.15) is 29.2 Å². The summed E-state index contributed by atoms with van der Waals surface area (Å²) in [4.78, 5) is 29.4. The van der Waals surface area contributed by atoms with Crippen molar-refractivity contribution in [2.24, 2.45) is 0 Å². The van der Waals surface area contributed by atoms with Gasteiger partial charge < -0.3 is 10.2 Å². The molecule has 0 aliphatic carbocycles. The minimum absolute atomic E-state index is 0.0123. The summed E-state index contributed by atoms with van der Waals surface area (Å²) in [6.07, 6.45) is 0.236. The molecule has 0 fully saturated rings. The van der Waals surface area contributed by atoms with Crippen LogP contribution in [-0.4, -0.2) is 44.3 Å². The maximum Gasteiger partial charge on any atom is 0.264 e. The molecule has 0 bridgehead atoms. The van der Waals surface area contributed by atoms with Gasteiger partial charge in [0.1, 0.15) is 12.6 Å². The van der Waals surface area contributed by atoms with E-state index in [0.29, 0.717) is 22.3 Å². The average molecular weight is 653 g/mol. The van der Waals surface area contributed by atoms with E-state index in [1.807, 2.05) is 57.2 Å². The SMILES string of the molecule is CCNC(=O)[C@@H](Cc1ccccc1)N(Cc1ccc(Cl)cc1)C(=O)CN(c1ccc(C)c(C)c1)S(=O)(=O)c1ccc(Cl)cc1. The zero-order chi connectivity index (χ0) is 31.9. The van der Waals surface area contributed by atoms with Gasteiger partial charge in [-0.1, -0.05) is 71.7 Å². The number of benzene rings is 4. The van der Waals surface area contributed by atoms with Crippen molar-refractivity contribution < 1.29 is 18.0 Å². The first-order valence-electron chi connectivity index (χ1n) is 14.2. The van der Waals surface area contributed by atoms with E-state index < -0.39 is 28.5 Å². The number of carbonyl (C=O) groups excluding carboxylic acids is 2. The molecular weight excluding hydrogens is 617 g/mol. The van der Waals surface area contributed by atoms with Crippen molar-refractivity contribution in [2.75, 3.05) is 17.4 Å². The summed E-state index contributed by atoms with van der Waals surface area (Å²) in [7, 11) is -4.21. The van der Waals surface area contributed by atoms with Crippen molar-refractivity contribution in [2.45, 2.75) is 44.7 Å². The number of carbonyl (C=O) groups is 2. The predicted molar refractivity (Wildman–Crippen MR) is 177 cm³/mol. The minimum atomic E-state index is -4.21. The van der Waals surface area contributed by atoms with Crippen LogP contribution in [0.2, 0.25) is 10.0 Å². The van der Waals surface area contributed by atoms with Gasteiger partial charge in [-0.3, -0.25) is 13.9 Å². The maximum atomic E-state index is 14.4. The lowest BCUT2D eigenvalue weighted by molar-refractivity contribution is -0.140. The Morgan fingerprint density at radius 1 is 0.795 bits per heavy atom. The summed E-state index contributed by atoms with van der Waals surface area (Å²) in [6, 6.07) is 26.5. The van der Waals surface area contributed by atoms with E-state index in [0.717, 1.165) is 26.6 Å². The number of halogens is 2. The number of amides is 2. The van der Waals surface area contributed by atoms with Crippen molar-refractivity contribution in [3.8, 4) is 0 Å². The van der Waals surface area contributed by atoms with Gasteiger partial charge in [-0.2, -0.15) is 0 Å². The molecule has 0 heterocycles. The monoisotopic (exact) mass is 651 g/mol. The van der Waals surface area contributed by atoms with Crippen molar-refractivity contribution in [3.63, 3.8) is 0 Å². The average Bonchev–Trinajstić information content (AvgIpc) is 3.00. The highest BCUT2D eigenvalue weighted by Crippen LogP contribution is 2.28. The summed E-state index contributed by atoms with van der Waals surface area (Å²) in [5, 5.41) is 3.78. The fourth-order valence-corrected chi connectivity index (χ4v) is 6.43. The summed E-state index contributed by atoms with van der Waals surface area (Å²) in [5.74, 6) is -0.875. The van der Waals surface area contributed by atoms with Gasteiger partial charge in [-0.25, -0.2) is 8.42 Å². The van der Waals surface area contributed by atoms with Gasteiger partial charge in [0.05, 0.1) is 10.6 Å². The van der Waals surface area contributed by atoms with Crippen LogP contribution in [0.3, 0.4) is 0 Å². The largest absolute Gasteiger partial charge is 0.355 e. The molecule has 10 heteroatoms. The summed E-state index contributed by atoms with van der Waals surface area (Å²) >= 11 is 12.2. The number of nitrogens with one attached hydrogen (secondary N) is 1. The zero-order valence-corrected chi connectivity index (χ0v) is 27.2. The van der Waals surface area contributed by atoms with Crippen LogP contribution < -0.4 is 9.62 Å². The van der Waals surface area contributed by atoms with Gasteiger partial charge in [-0.05, 0) is 91.6 Å². The van der Waals surface area contributed by atoms with E-state index in [2.05, 4.69) is 5.32 Å². The summed E-state index contributed by atoms with van der Waals surface area (Å²) in [5.41, 5.74) is 3.78. The smallest absolute Gasteiger partial charge is 0.264 e. The second-order valence-corrected chi connectivity index (χ2v) is 13.2. The van der Waals surface area contributed by atoms with Gasteiger partial charge in [0.25, 0.3) is 10.0 Å². The lowest BCUT2D eigenvalue weighted by atomic mass is 10.0. The van der Waals surface area contributed by atoms with E-state index in [-0.39, 0.29) is 23.8 Å². The molecule has 44 heavy (non-hydrogen) atoms. The standard InChI is InChI=1S/C34H35Cl2N3O4S/c1-4-37-34(41)32(21-26-8-6-5-7-9-26)38(22-27-11-13-28(35)14-12-27)33(40)23-39(30-17-10-24(2)25(3)20-30)44(42,43)31-18-15-29(36)16-19-31/h5-20,32H,4,21-23H2,1-3H3,(H,37,41)/t32-/m1/s1. The van der Waals surface area contributed by atoms with Gasteiger partial charge in [0.15, 0.2) is 0 Å². The Bertz CT molecular complexity index is 1700. The fraction of sp³-hybridized carbons (Fsp3) is 0.235. The van der Waals surface area contributed by atoms with Crippen LogP contribution in [0.25, 0.3) is 0 Å². The number of aryl methyl sites for hydroxylation is 2. The second kappa shape index (κ2) is 14.8. The third-order valence-electron chi connectivity index (χ3n) is 7.35. The molecule has 1 atom stereocenters. The van der Waals surface area contributed by atoms with E-state index in [9.17, 15) is 18.0 Å². The number of sulfonamides is 1. The summed E-state index contributed by atoms with van der Waals surface area (Å²) in [6.45, 7) is 5.51. The van der Waals surface area contributed by atoms with Gasteiger partial charge in [0.2, 0.25) is 11.8 Å². The van der Waals surface area contributed by atoms with E-state index >= 15 is 0 Å². The number of nitrogens with zero attached hydrogens (tertiary/aromatic N) is 2. The Labute approximate surface area is 269 Å². The topological polar surface area (TPSA) is 86.8 Å². The molecule has 0 saturated carbocycles. The molecule has 230 valence electrons. The van der Waals surface area contributed by atoms with Crippen molar-refractivity contribution in [1.82, 2.24) is 10.2 Å². The fourth-order valence-electron chi connectivity index (χ4n) is 4.78. The van der Waals surface area contributed by atoms with E-state index in [1.54, 1.807) is 36.4 Å². The molecule has 0 aromatic heterocycles. The van der Waals surface area contributed by atoms with Crippen LogP contribution in [0.5, 0.6) is 0 Å². The molecule has 1 N–H and O–H groups in total. The number of anilines is 1. The lowest BCUT2D eigenvalue weighted by Crippen LogP contribution is -2.53. The molecule has 4 aromatic rings. The maximum absolute atomic E-state index is 14.4. The Kier molecular flexibility index (Phi) is 11.1. The molecule has 0 spiro atoms. The first kappa shape index (κ1) is 33.1. The normalized spacial score (nSPS) is 11.9. The number of hydrogen-bond donors (Lipinski definition) is 1. The third kappa shape index (κ3) is 8.20.